The molecule has 1 N–H and O–H groups in total. The number of rotatable bonds is 0. The lowest BCUT2D eigenvalue weighted by Crippen LogP contribution is -2.59. The Morgan fingerprint density at radius 2 is 1.50 bits per heavy atom. The Kier molecular flexibility index (Phi) is 3.05. The van der Waals surface area contributed by atoms with E-state index in [0.717, 1.165) is 18.3 Å². The molecular formula is C17H30O. The zero-order valence-corrected chi connectivity index (χ0v) is 12.4. The molecule has 0 bridgehead atoms. The van der Waals surface area contributed by atoms with Crippen molar-refractivity contribution in [2.24, 2.45) is 28.6 Å². The quantitative estimate of drug-likeness (QED) is 0.676. The lowest BCUT2D eigenvalue weighted by atomic mass is 9.41. The molecule has 0 spiro atoms. The van der Waals surface area contributed by atoms with Crippen molar-refractivity contribution in [3.05, 3.63) is 0 Å². The summed E-state index contributed by atoms with van der Waals surface area (Å²) in [4.78, 5) is 0. The fraction of sp³-hybridized carbons (Fsp3) is 1.00. The highest BCUT2D eigenvalue weighted by Crippen LogP contribution is 2.73. The second kappa shape index (κ2) is 4.23. The van der Waals surface area contributed by atoms with Crippen molar-refractivity contribution in [1.29, 1.82) is 0 Å². The van der Waals surface area contributed by atoms with Crippen LogP contribution in [0.1, 0.15) is 72.1 Å². The standard InChI is InChI=1S/C17H30O/c1-16(2)11-14(18)15-12-9-7-5-4-6-8-10-13(12)17(15,16)3/h12-15,18H,4-11H2,1-3H3. The summed E-state index contributed by atoms with van der Waals surface area (Å²) in [6, 6.07) is 0. The van der Waals surface area contributed by atoms with Crippen LogP contribution in [0.2, 0.25) is 0 Å². The average molecular weight is 250 g/mol. The third kappa shape index (κ3) is 1.55. The largest absolute Gasteiger partial charge is 0.393 e. The second-order valence-corrected chi connectivity index (χ2v) is 8.08. The minimum absolute atomic E-state index is 0.0213. The summed E-state index contributed by atoms with van der Waals surface area (Å²) in [7, 11) is 0. The first-order valence-electron chi connectivity index (χ1n) is 8.16. The minimum atomic E-state index is -0.0213. The van der Waals surface area contributed by atoms with Crippen molar-refractivity contribution in [2.45, 2.75) is 78.2 Å². The van der Waals surface area contributed by atoms with Crippen LogP contribution in [-0.2, 0) is 0 Å². The first-order chi connectivity index (χ1) is 8.48. The van der Waals surface area contributed by atoms with E-state index < -0.39 is 0 Å². The average Bonchev–Trinajstić information content (AvgIpc) is 2.49. The van der Waals surface area contributed by atoms with Crippen LogP contribution in [0.25, 0.3) is 0 Å². The van der Waals surface area contributed by atoms with Gasteiger partial charge in [0.15, 0.2) is 0 Å². The summed E-state index contributed by atoms with van der Waals surface area (Å²) < 4.78 is 0. The Morgan fingerprint density at radius 3 is 2.22 bits per heavy atom. The van der Waals surface area contributed by atoms with Gasteiger partial charge in [-0.25, -0.2) is 0 Å². The van der Waals surface area contributed by atoms with Gasteiger partial charge in [-0.1, -0.05) is 52.9 Å². The molecule has 0 aromatic heterocycles. The van der Waals surface area contributed by atoms with Crippen molar-refractivity contribution in [1.82, 2.24) is 0 Å². The van der Waals surface area contributed by atoms with Gasteiger partial charge < -0.3 is 5.11 Å². The second-order valence-electron chi connectivity index (χ2n) is 8.08. The summed E-state index contributed by atoms with van der Waals surface area (Å²) >= 11 is 0. The first kappa shape index (κ1) is 13.0. The molecule has 3 rings (SSSR count). The molecule has 0 heterocycles. The van der Waals surface area contributed by atoms with Gasteiger partial charge in [-0.05, 0) is 47.8 Å². The van der Waals surface area contributed by atoms with E-state index in [4.69, 9.17) is 0 Å². The molecule has 3 aliphatic rings. The predicted molar refractivity (Wildman–Crippen MR) is 75.3 cm³/mol. The van der Waals surface area contributed by atoms with Crippen LogP contribution in [0, 0.1) is 28.6 Å². The smallest absolute Gasteiger partial charge is 0.0582 e. The van der Waals surface area contributed by atoms with E-state index in [1.807, 2.05) is 0 Å². The van der Waals surface area contributed by atoms with Gasteiger partial charge >= 0.3 is 0 Å². The molecule has 104 valence electrons. The maximum atomic E-state index is 10.5. The van der Waals surface area contributed by atoms with Crippen LogP contribution in [-0.4, -0.2) is 11.2 Å². The third-order valence-corrected chi connectivity index (χ3v) is 7.09. The molecule has 3 saturated carbocycles. The summed E-state index contributed by atoms with van der Waals surface area (Å²) in [6.45, 7) is 7.30. The maximum absolute atomic E-state index is 10.5. The highest BCUT2D eigenvalue weighted by atomic mass is 16.3. The Bertz CT molecular complexity index is 322. The van der Waals surface area contributed by atoms with Gasteiger partial charge in [0, 0.05) is 0 Å². The molecule has 0 aromatic rings. The molecular weight excluding hydrogens is 220 g/mol. The van der Waals surface area contributed by atoms with Gasteiger partial charge in [-0.15, -0.1) is 0 Å². The molecule has 5 unspecified atom stereocenters. The van der Waals surface area contributed by atoms with E-state index in [2.05, 4.69) is 20.8 Å². The number of fused-ring (bicyclic) bond motifs is 4. The SMILES string of the molecule is CC1(C)CC(O)C2C3CCCCCCCC3C21C. The monoisotopic (exact) mass is 250 g/mol. The van der Waals surface area contributed by atoms with E-state index in [1.165, 1.54) is 44.9 Å². The topological polar surface area (TPSA) is 20.2 Å². The lowest BCUT2D eigenvalue weighted by Gasteiger charge is -2.63. The summed E-state index contributed by atoms with van der Waals surface area (Å²) in [6.07, 6.45) is 10.9. The minimum Gasteiger partial charge on any atom is -0.393 e. The predicted octanol–water partition coefficient (Wildman–Crippen LogP) is 4.39. The van der Waals surface area contributed by atoms with Crippen LogP contribution in [0.4, 0.5) is 0 Å². The Labute approximate surface area is 112 Å². The molecule has 0 radical (unpaired) electrons. The van der Waals surface area contributed by atoms with Gasteiger partial charge in [0.25, 0.3) is 0 Å². The normalized spacial score (nSPS) is 51.3. The summed E-state index contributed by atoms with van der Waals surface area (Å²) in [5.74, 6) is 2.34. The fourth-order valence-corrected chi connectivity index (χ4v) is 5.95. The van der Waals surface area contributed by atoms with Crippen molar-refractivity contribution >= 4 is 0 Å². The van der Waals surface area contributed by atoms with E-state index in [9.17, 15) is 5.11 Å². The van der Waals surface area contributed by atoms with E-state index >= 15 is 0 Å². The summed E-state index contributed by atoms with van der Waals surface area (Å²) in [5, 5.41) is 10.5. The van der Waals surface area contributed by atoms with Gasteiger partial charge in [0.2, 0.25) is 0 Å². The molecule has 1 heteroatoms. The number of aliphatic hydroxyl groups excluding tert-OH is 1. The number of aliphatic hydroxyl groups is 1. The van der Waals surface area contributed by atoms with Crippen LogP contribution in [0.3, 0.4) is 0 Å². The van der Waals surface area contributed by atoms with E-state index in [-0.39, 0.29) is 6.10 Å². The summed E-state index contributed by atoms with van der Waals surface area (Å²) in [5.41, 5.74) is 0.758. The van der Waals surface area contributed by atoms with E-state index in [1.54, 1.807) is 0 Å². The molecule has 0 aliphatic heterocycles. The fourth-order valence-electron chi connectivity index (χ4n) is 5.95. The Hall–Kier alpha value is -0.0400. The van der Waals surface area contributed by atoms with Crippen LogP contribution < -0.4 is 0 Å². The molecule has 18 heavy (non-hydrogen) atoms. The highest BCUT2D eigenvalue weighted by Gasteiger charge is 2.69. The van der Waals surface area contributed by atoms with Crippen LogP contribution in [0.15, 0.2) is 0 Å². The van der Waals surface area contributed by atoms with Gasteiger partial charge in [-0.3, -0.25) is 0 Å². The Morgan fingerprint density at radius 1 is 0.889 bits per heavy atom. The van der Waals surface area contributed by atoms with E-state index in [0.29, 0.717) is 16.7 Å². The zero-order chi connectivity index (χ0) is 13.0. The zero-order valence-electron chi connectivity index (χ0n) is 12.4. The Balaban J connectivity index is 1.86. The molecule has 3 aliphatic carbocycles. The maximum Gasteiger partial charge on any atom is 0.0582 e. The molecule has 0 amide bonds. The van der Waals surface area contributed by atoms with Gasteiger partial charge in [-0.2, -0.15) is 0 Å². The number of hydrogen-bond acceptors (Lipinski definition) is 1. The van der Waals surface area contributed by atoms with Crippen LogP contribution in [0.5, 0.6) is 0 Å². The van der Waals surface area contributed by atoms with Crippen molar-refractivity contribution in [3.8, 4) is 0 Å². The highest BCUT2D eigenvalue weighted by molar-refractivity contribution is 5.18. The molecule has 1 nitrogen and oxygen atoms in total. The van der Waals surface area contributed by atoms with Crippen molar-refractivity contribution in [2.75, 3.05) is 0 Å². The van der Waals surface area contributed by atoms with Gasteiger partial charge in [0.05, 0.1) is 6.10 Å². The third-order valence-electron chi connectivity index (χ3n) is 7.09. The van der Waals surface area contributed by atoms with Crippen molar-refractivity contribution in [3.63, 3.8) is 0 Å². The first-order valence-corrected chi connectivity index (χ1v) is 8.16. The van der Waals surface area contributed by atoms with Crippen molar-refractivity contribution < 1.29 is 5.11 Å². The number of hydrogen-bond donors (Lipinski definition) is 1. The molecule has 3 fully saturated rings. The van der Waals surface area contributed by atoms with Gasteiger partial charge in [0.1, 0.15) is 0 Å². The molecule has 0 aromatic carbocycles. The van der Waals surface area contributed by atoms with Crippen LogP contribution >= 0.6 is 0 Å². The lowest BCUT2D eigenvalue weighted by molar-refractivity contribution is -0.168. The molecule has 5 atom stereocenters. The molecule has 0 saturated heterocycles.